The number of amides is 1. The zero-order chi connectivity index (χ0) is 20.2. The predicted octanol–water partition coefficient (Wildman–Crippen LogP) is 1.94. The Bertz CT molecular complexity index is 916. The molecule has 1 fully saturated rings. The molecule has 3 rings (SSSR count). The number of ether oxygens (including phenoxy) is 1. The minimum Gasteiger partial charge on any atom is -0.457 e. The van der Waals surface area contributed by atoms with Gasteiger partial charge >= 0.3 is 0 Å². The van der Waals surface area contributed by atoms with Gasteiger partial charge in [-0.3, -0.25) is 9.28 Å². The van der Waals surface area contributed by atoms with Crippen molar-refractivity contribution in [1.29, 1.82) is 0 Å². The van der Waals surface area contributed by atoms with E-state index in [1.165, 1.54) is 10.6 Å². The van der Waals surface area contributed by atoms with E-state index in [1.807, 2.05) is 54.6 Å². The molecule has 150 valence electrons. The molecule has 0 aliphatic carbocycles. The molecule has 1 aliphatic rings. The fraction of sp³-hybridized carbons (Fsp3) is 0.350. The van der Waals surface area contributed by atoms with Crippen molar-refractivity contribution in [3.8, 4) is 11.5 Å². The number of nitrogens with two attached hydrogens (primary N) is 1. The minimum absolute atomic E-state index is 0.135. The third-order valence-electron chi connectivity index (χ3n) is 5.06. The number of hydrogen-bond acceptors (Lipinski definition) is 4. The van der Waals surface area contributed by atoms with Gasteiger partial charge in [0.1, 0.15) is 17.2 Å². The molecule has 0 radical (unpaired) electrons. The Morgan fingerprint density at radius 1 is 1.04 bits per heavy atom. The molecule has 7 nitrogen and oxygen atoms in total. The van der Waals surface area contributed by atoms with Crippen molar-refractivity contribution in [2.45, 2.75) is 6.42 Å². The second-order valence-electron chi connectivity index (χ2n) is 7.14. The summed E-state index contributed by atoms with van der Waals surface area (Å²) in [4.78, 5) is 11.8. The zero-order valence-electron chi connectivity index (χ0n) is 16.0. The summed E-state index contributed by atoms with van der Waals surface area (Å²) in [6.07, 6.45) is 1.87. The van der Waals surface area contributed by atoms with Gasteiger partial charge in [-0.2, -0.15) is 4.31 Å². The van der Waals surface area contributed by atoms with E-state index in [2.05, 4.69) is 0 Å². The van der Waals surface area contributed by atoms with E-state index in [9.17, 15) is 13.2 Å². The zero-order valence-corrected chi connectivity index (χ0v) is 16.8. The van der Waals surface area contributed by atoms with Gasteiger partial charge in [0.2, 0.25) is 10.0 Å². The van der Waals surface area contributed by atoms with Crippen LogP contribution >= 0.6 is 0 Å². The molecule has 1 heterocycles. The van der Waals surface area contributed by atoms with Crippen LogP contribution in [0.2, 0.25) is 0 Å². The van der Waals surface area contributed by atoms with Gasteiger partial charge in [-0.15, -0.1) is 0 Å². The highest BCUT2D eigenvalue weighted by atomic mass is 32.2. The largest absolute Gasteiger partial charge is 0.457 e. The maximum atomic E-state index is 11.9. The molecule has 28 heavy (non-hydrogen) atoms. The number of primary amides is 1. The van der Waals surface area contributed by atoms with Crippen LogP contribution in [0.1, 0.15) is 6.42 Å². The van der Waals surface area contributed by atoms with Crippen LogP contribution < -0.4 is 15.0 Å². The minimum atomic E-state index is -3.26. The van der Waals surface area contributed by atoms with Crippen LogP contribution in [0.4, 0.5) is 5.69 Å². The normalized spacial score (nSPS) is 21.0. The van der Waals surface area contributed by atoms with Gasteiger partial charge in [-0.1, -0.05) is 18.2 Å². The van der Waals surface area contributed by atoms with E-state index in [1.54, 1.807) is 0 Å². The van der Waals surface area contributed by atoms with Gasteiger partial charge in [-0.05, 0) is 24.3 Å². The van der Waals surface area contributed by atoms with Crippen LogP contribution in [0.5, 0.6) is 11.5 Å². The Balaban J connectivity index is 1.84. The summed E-state index contributed by atoms with van der Waals surface area (Å²) >= 11 is 0. The highest BCUT2D eigenvalue weighted by Gasteiger charge is 2.36. The molecule has 1 unspecified atom stereocenters. The number of nitrogens with zero attached hydrogens (tertiary/aromatic N) is 2. The molecule has 1 aliphatic heterocycles. The van der Waals surface area contributed by atoms with Crippen LogP contribution in [0.25, 0.3) is 0 Å². The lowest BCUT2D eigenvalue weighted by molar-refractivity contribution is -0.118. The molecule has 0 aromatic heterocycles. The smallest absolute Gasteiger partial charge is 0.273 e. The van der Waals surface area contributed by atoms with E-state index in [-0.39, 0.29) is 6.54 Å². The van der Waals surface area contributed by atoms with Crippen LogP contribution in [-0.4, -0.2) is 57.6 Å². The van der Waals surface area contributed by atoms with Gasteiger partial charge in [0.15, 0.2) is 6.54 Å². The van der Waals surface area contributed by atoms with E-state index < -0.39 is 15.9 Å². The fourth-order valence-corrected chi connectivity index (χ4v) is 4.54. The highest BCUT2D eigenvalue weighted by Crippen LogP contribution is 2.30. The van der Waals surface area contributed by atoms with Crippen molar-refractivity contribution in [3.05, 3.63) is 54.6 Å². The van der Waals surface area contributed by atoms with Gasteiger partial charge < -0.3 is 10.5 Å². The summed E-state index contributed by atoms with van der Waals surface area (Å²) in [7, 11) is -3.26. The van der Waals surface area contributed by atoms with Gasteiger partial charge in [0, 0.05) is 25.1 Å². The number of para-hydroxylation sites is 1. The van der Waals surface area contributed by atoms with Crippen LogP contribution in [0.15, 0.2) is 54.6 Å². The Hall–Kier alpha value is -2.42. The molecule has 2 aromatic rings. The topological polar surface area (TPSA) is 89.7 Å². The maximum absolute atomic E-state index is 11.9. The second kappa shape index (κ2) is 8.30. The Morgan fingerprint density at radius 3 is 2.29 bits per heavy atom. The lowest BCUT2D eigenvalue weighted by atomic mass is 10.2. The number of quaternary nitrogens is 1. The summed E-state index contributed by atoms with van der Waals surface area (Å²) < 4.78 is 31.5. The third kappa shape index (κ3) is 4.89. The molecule has 1 amide bonds. The molecule has 0 saturated carbocycles. The van der Waals surface area contributed by atoms with Crippen LogP contribution in [-0.2, 0) is 14.8 Å². The van der Waals surface area contributed by atoms with Crippen molar-refractivity contribution < 1.29 is 17.9 Å². The summed E-state index contributed by atoms with van der Waals surface area (Å²) in [5.41, 5.74) is 6.46. The lowest BCUT2D eigenvalue weighted by Crippen LogP contribution is -2.56. The molecular formula is C20H26N3O4S+. The monoisotopic (exact) mass is 404 g/mol. The summed E-state index contributed by atoms with van der Waals surface area (Å²) in [5, 5.41) is 0. The van der Waals surface area contributed by atoms with E-state index in [0.717, 1.165) is 11.4 Å². The Morgan fingerprint density at radius 2 is 1.68 bits per heavy atom. The highest BCUT2D eigenvalue weighted by molar-refractivity contribution is 7.88. The number of sulfonamides is 1. The van der Waals surface area contributed by atoms with Crippen molar-refractivity contribution in [2.24, 2.45) is 5.73 Å². The number of carbonyl (C=O) groups is 1. The van der Waals surface area contributed by atoms with Gasteiger partial charge in [-0.25, -0.2) is 8.42 Å². The second-order valence-corrected chi connectivity index (χ2v) is 9.12. The number of hydrogen-bond donors (Lipinski definition) is 1. The predicted molar refractivity (Wildman–Crippen MR) is 110 cm³/mol. The summed E-state index contributed by atoms with van der Waals surface area (Å²) in [5.74, 6) is 1.03. The average Bonchev–Trinajstić information content (AvgIpc) is 2.86. The van der Waals surface area contributed by atoms with Crippen LogP contribution in [0.3, 0.4) is 0 Å². The average molecular weight is 405 g/mol. The van der Waals surface area contributed by atoms with Crippen molar-refractivity contribution in [2.75, 3.05) is 39.0 Å². The van der Waals surface area contributed by atoms with Crippen molar-refractivity contribution in [1.82, 2.24) is 8.79 Å². The summed E-state index contributed by atoms with van der Waals surface area (Å²) in [6.45, 7) is 2.08. The number of rotatable bonds is 6. The first-order chi connectivity index (χ1) is 13.3. The molecule has 0 spiro atoms. The first kappa shape index (κ1) is 20.3. The quantitative estimate of drug-likeness (QED) is 0.745. The molecule has 8 heteroatoms. The van der Waals surface area contributed by atoms with E-state index in [4.69, 9.17) is 10.5 Å². The molecular weight excluding hydrogens is 378 g/mol. The van der Waals surface area contributed by atoms with E-state index >= 15 is 0 Å². The summed E-state index contributed by atoms with van der Waals surface area (Å²) in [6, 6.07) is 17.1. The van der Waals surface area contributed by atoms with Crippen molar-refractivity contribution >= 4 is 21.6 Å². The molecule has 2 aromatic carbocycles. The molecule has 1 saturated heterocycles. The standard InChI is InChI=1S/C20H25N3O4S/c1-28(25,26)22-12-5-14-23(15-13-22,16-20(21)24)17-8-10-19(11-9-17)27-18-6-3-2-4-7-18/h2-4,6-11H,5,12-16H2,1H3,(H-,21,24)/p+1. The van der Waals surface area contributed by atoms with E-state index in [0.29, 0.717) is 42.8 Å². The fourth-order valence-electron chi connectivity index (χ4n) is 3.67. The number of carbonyl (C=O) groups excluding carboxylic acids is 1. The SMILES string of the molecule is CS(=O)(=O)N1CCC[N+](CC(N)=O)(c2ccc(Oc3ccccc3)cc2)CC1. The van der Waals surface area contributed by atoms with Gasteiger partial charge in [0.05, 0.1) is 25.9 Å². The Kier molecular flexibility index (Phi) is 6.02. The van der Waals surface area contributed by atoms with Gasteiger partial charge in [0.25, 0.3) is 5.91 Å². The van der Waals surface area contributed by atoms with Crippen molar-refractivity contribution in [3.63, 3.8) is 0 Å². The third-order valence-corrected chi connectivity index (χ3v) is 6.37. The number of benzene rings is 2. The molecule has 2 N–H and O–H groups in total. The lowest BCUT2D eigenvalue weighted by Gasteiger charge is -2.36. The molecule has 1 atom stereocenters. The van der Waals surface area contributed by atoms with Crippen LogP contribution in [0, 0.1) is 0 Å². The first-order valence-corrected chi connectivity index (χ1v) is 11.1. The Labute approximate surface area is 166 Å². The first-order valence-electron chi connectivity index (χ1n) is 9.22. The molecule has 0 bridgehead atoms. The maximum Gasteiger partial charge on any atom is 0.273 e.